The Balaban J connectivity index is 2.19. The van der Waals surface area contributed by atoms with Crippen LogP contribution in [-0.4, -0.2) is 12.0 Å². The van der Waals surface area contributed by atoms with E-state index in [1.165, 1.54) is 11.3 Å². The first-order valence-electron chi connectivity index (χ1n) is 6.65. The lowest BCUT2D eigenvalue weighted by Gasteiger charge is -2.11. The van der Waals surface area contributed by atoms with Crippen molar-refractivity contribution in [3.05, 3.63) is 58.3 Å². The van der Waals surface area contributed by atoms with Crippen molar-refractivity contribution in [1.29, 1.82) is 0 Å². The van der Waals surface area contributed by atoms with Gasteiger partial charge in [-0.25, -0.2) is 0 Å². The first-order chi connectivity index (χ1) is 11.0. The molecule has 2 rings (SSSR count). The molecule has 0 N–H and O–H groups in total. The van der Waals surface area contributed by atoms with E-state index in [1.807, 2.05) is 16.8 Å². The van der Waals surface area contributed by atoms with Gasteiger partial charge in [0, 0.05) is 17.4 Å². The lowest BCUT2D eigenvalue weighted by molar-refractivity contribution is -0.171. The highest BCUT2D eigenvalue weighted by molar-refractivity contribution is 7.08. The molecule has 0 fully saturated rings. The number of Topliss-reactive ketones (excluding diaryl/α,β-unsaturated/α-hetero) is 1. The Hall–Kier alpha value is -2.50. The van der Waals surface area contributed by atoms with E-state index in [-0.39, 0.29) is 0 Å². The Morgan fingerprint density at radius 3 is 2.48 bits per heavy atom. The summed E-state index contributed by atoms with van der Waals surface area (Å²) in [5, 5.41) is 3.71. The highest BCUT2D eigenvalue weighted by Crippen LogP contribution is 2.25. The predicted octanol–water partition coefficient (Wildman–Crippen LogP) is 4.41. The SMILES string of the molecule is O=C(C[C@@H](C#CC#Cc1ccsc1)c1ccccc1)C(F)(F)F. The molecule has 0 amide bonds. The minimum absolute atomic E-state index is 0.565. The number of benzene rings is 1. The van der Waals surface area contributed by atoms with Crippen molar-refractivity contribution in [2.75, 3.05) is 0 Å². The maximum absolute atomic E-state index is 12.5. The molecule has 0 unspecified atom stereocenters. The number of carbonyl (C=O) groups is 1. The van der Waals surface area contributed by atoms with E-state index in [9.17, 15) is 18.0 Å². The standard InChI is InChI=1S/C18H11F3OS/c19-18(20,21)17(22)12-16(15-7-2-1-3-8-15)9-5-4-6-14-10-11-23-13-14/h1-3,7-8,10-11,13,16H,12H2/t16-/m1/s1. The summed E-state index contributed by atoms with van der Waals surface area (Å²) in [7, 11) is 0. The predicted molar refractivity (Wildman–Crippen MR) is 83.8 cm³/mol. The van der Waals surface area contributed by atoms with Crippen LogP contribution in [0.15, 0.2) is 47.2 Å². The molecule has 0 aliphatic carbocycles. The average molecular weight is 332 g/mol. The zero-order valence-electron chi connectivity index (χ0n) is 11.9. The first-order valence-corrected chi connectivity index (χ1v) is 7.60. The van der Waals surface area contributed by atoms with Gasteiger partial charge in [-0.15, -0.1) is 0 Å². The summed E-state index contributed by atoms with van der Waals surface area (Å²) in [6, 6.07) is 10.2. The quantitative estimate of drug-likeness (QED) is 0.761. The number of ketones is 1. The summed E-state index contributed by atoms with van der Waals surface area (Å²) in [6.07, 6.45) is -5.56. The van der Waals surface area contributed by atoms with Gasteiger partial charge in [-0.3, -0.25) is 4.79 Å². The fourth-order valence-electron chi connectivity index (χ4n) is 1.80. The third kappa shape index (κ3) is 5.32. The fourth-order valence-corrected chi connectivity index (χ4v) is 2.39. The Bertz CT molecular complexity index is 769. The topological polar surface area (TPSA) is 17.1 Å². The van der Waals surface area contributed by atoms with Crippen LogP contribution < -0.4 is 0 Å². The number of alkyl halides is 3. The minimum Gasteiger partial charge on any atom is -0.290 e. The number of rotatable bonds is 3. The van der Waals surface area contributed by atoms with Crippen molar-refractivity contribution in [2.45, 2.75) is 18.5 Å². The van der Waals surface area contributed by atoms with Gasteiger partial charge in [0.2, 0.25) is 5.78 Å². The van der Waals surface area contributed by atoms with E-state index in [0.29, 0.717) is 5.56 Å². The minimum atomic E-state index is -4.85. The Labute approximate surface area is 136 Å². The molecule has 1 aromatic carbocycles. The summed E-state index contributed by atoms with van der Waals surface area (Å²) in [4.78, 5) is 11.2. The molecule has 2 aromatic rings. The van der Waals surface area contributed by atoms with E-state index in [1.54, 1.807) is 30.3 Å². The summed E-state index contributed by atoms with van der Waals surface area (Å²) in [5.41, 5.74) is 1.36. The molecule has 0 aliphatic heterocycles. The molecule has 1 aromatic heterocycles. The molecule has 23 heavy (non-hydrogen) atoms. The monoisotopic (exact) mass is 332 g/mol. The van der Waals surface area contributed by atoms with E-state index >= 15 is 0 Å². The van der Waals surface area contributed by atoms with Gasteiger partial charge in [-0.05, 0) is 28.9 Å². The summed E-state index contributed by atoms with van der Waals surface area (Å²) >= 11 is 1.49. The second-order valence-electron chi connectivity index (χ2n) is 4.62. The smallest absolute Gasteiger partial charge is 0.290 e. The highest BCUT2D eigenvalue weighted by atomic mass is 32.1. The van der Waals surface area contributed by atoms with Gasteiger partial charge in [0.25, 0.3) is 0 Å². The van der Waals surface area contributed by atoms with E-state index in [4.69, 9.17) is 0 Å². The van der Waals surface area contributed by atoms with Crippen LogP contribution >= 0.6 is 11.3 Å². The molecule has 1 atom stereocenters. The van der Waals surface area contributed by atoms with Gasteiger partial charge in [-0.1, -0.05) is 42.2 Å². The molecular formula is C18H11F3OS. The maximum Gasteiger partial charge on any atom is 0.450 e. The normalized spacial score (nSPS) is 11.6. The molecule has 0 spiro atoms. The van der Waals surface area contributed by atoms with E-state index < -0.39 is 24.3 Å². The van der Waals surface area contributed by atoms with Gasteiger partial charge in [-0.2, -0.15) is 24.5 Å². The van der Waals surface area contributed by atoms with E-state index in [2.05, 4.69) is 23.7 Å². The van der Waals surface area contributed by atoms with Crippen molar-refractivity contribution in [3.63, 3.8) is 0 Å². The number of carbonyl (C=O) groups excluding carboxylic acids is 1. The summed E-state index contributed by atoms with van der Waals surface area (Å²) < 4.78 is 37.4. The molecule has 0 radical (unpaired) electrons. The number of halogens is 3. The van der Waals surface area contributed by atoms with Gasteiger partial charge < -0.3 is 0 Å². The van der Waals surface area contributed by atoms with Crippen LogP contribution in [0, 0.1) is 23.7 Å². The largest absolute Gasteiger partial charge is 0.450 e. The highest BCUT2D eigenvalue weighted by Gasteiger charge is 2.39. The average Bonchev–Trinajstić information content (AvgIpc) is 3.03. The molecular weight excluding hydrogens is 321 g/mol. The molecule has 0 saturated carbocycles. The van der Waals surface area contributed by atoms with Gasteiger partial charge in [0.05, 0.1) is 5.92 Å². The van der Waals surface area contributed by atoms with Crippen molar-refractivity contribution in [3.8, 4) is 23.7 Å². The lowest BCUT2D eigenvalue weighted by atomic mass is 9.94. The van der Waals surface area contributed by atoms with Crippen molar-refractivity contribution in [2.24, 2.45) is 0 Å². The van der Waals surface area contributed by atoms with Crippen LogP contribution in [0.3, 0.4) is 0 Å². The number of hydrogen-bond acceptors (Lipinski definition) is 2. The van der Waals surface area contributed by atoms with Crippen LogP contribution in [-0.2, 0) is 4.79 Å². The van der Waals surface area contributed by atoms with Crippen molar-refractivity contribution < 1.29 is 18.0 Å². The third-order valence-electron chi connectivity index (χ3n) is 2.94. The number of thiophene rings is 1. The van der Waals surface area contributed by atoms with Gasteiger partial charge in [0.15, 0.2) is 0 Å². The van der Waals surface area contributed by atoms with Crippen LogP contribution in [0.1, 0.15) is 23.5 Å². The maximum atomic E-state index is 12.5. The Morgan fingerprint density at radius 1 is 1.13 bits per heavy atom. The Morgan fingerprint density at radius 2 is 1.87 bits per heavy atom. The molecule has 5 heteroatoms. The fraction of sp³-hybridized carbons (Fsp3) is 0.167. The van der Waals surface area contributed by atoms with Crippen LogP contribution in [0.2, 0.25) is 0 Å². The summed E-state index contributed by atoms with van der Waals surface area (Å²) in [5.74, 6) is 7.99. The van der Waals surface area contributed by atoms with Crippen LogP contribution in [0.4, 0.5) is 13.2 Å². The molecule has 1 nitrogen and oxygen atoms in total. The molecule has 1 heterocycles. The molecule has 0 saturated heterocycles. The van der Waals surface area contributed by atoms with Crippen molar-refractivity contribution in [1.82, 2.24) is 0 Å². The molecule has 0 bridgehead atoms. The molecule has 0 aliphatic rings. The first kappa shape index (κ1) is 16.9. The van der Waals surface area contributed by atoms with Crippen LogP contribution in [0.5, 0.6) is 0 Å². The van der Waals surface area contributed by atoms with Gasteiger partial charge in [0.1, 0.15) is 0 Å². The Kier molecular flexibility index (Phi) is 5.62. The van der Waals surface area contributed by atoms with Gasteiger partial charge >= 0.3 is 6.18 Å². The van der Waals surface area contributed by atoms with Crippen LogP contribution in [0.25, 0.3) is 0 Å². The second kappa shape index (κ2) is 7.67. The lowest BCUT2D eigenvalue weighted by Crippen LogP contribution is -2.24. The zero-order valence-corrected chi connectivity index (χ0v) is 12.7. The molecule has 116 valence electrons. The zero-order chi connectivity index (χ0) is 16.7. The summed E-state index contributed by atoms with van der Waals surface area (Å²) in [6.45, 7) is 0. The van der Waals surface area contributed by atoms with E-state index in [0.717, 1.165) is 5.56 Å². The van der Waals surface area contributed by atoms with Crippen molar-refractivity contribution >= 4 is 17.1 Å². The third-order valence-corrected chi connectivity index (χ3v) is 3.63. The number of hydrogen-bond donors (Lipinski definition) is 0. The second-order valence-corrected chi connectivity index (χ2v) is 5.40.